The van der Waals surface area contributed by atoms with E-state index < -0.39 is 0 Å². The van der Waals surface area contributed by atoms with Gasteiger partial charge in [0.15, 0.2) is 0 Å². The smallest absolute Gasteiger partial charge is 0.131 e. The van der Waals surface area contributed by atoms with Gasteiger partial charge in [0.25, 0.3) is 0 Å². The standard InChI is InChI=1S/C12H12N2OP2/c15-14-9-5-2-1-4-8(9)13-12-10(16)6-3-7-11(12)17/h1-7,13H,16-17H2. The molecule has 0 bridgehead atoms. The quantitative estimate of drug-likeness (QED) is 0.682. The Morgan fingerprint density at radius 1 is 0.941 bits per heavy atom. The lowest BCUT2D eigenvalue weighted by atomic mass is 10.2. The fourth-order valence-electron chi connectivity index (χ4n) is 1.53. The molecular formula is C12H12N2OP2. The maximum atomic E-state index is 10.7. The highest BCUT2D eigenvalue weighted by molar-refractivity contribution is 7.30. The summed E-state index contributed by atoms with van der Waals surface area (Å²) < 4.78 is 0. The van der Waals surface area contributed by atoms with E-state index in [-0.39, 0.29) is 0 Å². The average Bonchev–Trinajstić information content (AvgIpc) is 2.34. The predicted octanol–water partition coefficient (Wildman–Crippen LogP) is 2.83. The number of rotatable bonds is 3. The number of anilines is 2. The van der Waals surface area contributed by atoms with Crippen molar-refractivity contribution in [3.63, 3.8) is 0 Å². The summed E-state index contributed by atoms with van der Waals surface area (Å²) in [6.45, 7) is 0. The number of nitrogens with zero attached hydrogens (tertiary/aromatic N) is 1. The lowest BCUT2D eigenvalue weighted by Gasteiger charge is -2.12. The second-order valence-electron chi connectivity index (χ2n) is 3.54. The molecule has 0 saturated heterocycles. The van der Waals surface area contributed by atoms with E-state index >= 15 is 0 Å². The Morgan fingerprint density at radius 2 is 1.59 bits per heavy atom. The van der Waals surface area contributed by atoms with Gasteiger partial charge < -0.3 is 5.32 Å². The van der Waals surface area contributed by atoms with Gasteiger partial charge in [-0.05, 0) is 27.9 Å². The van der Waals surface area contributed by atoms with Gasteiger partial charge in [-0.3, -0.25) is 0 Å². The van der Waals surface area contributed by atoms with Crippen LogP contribution in [0.2, 0.25) is 0 Å². The van der Waals surface area contributed by atoms with Crippen LogP contribution >= 0.6 is 18.5 Å². The number of benzene rings is 2. The van der Waals surface area contributed by atoms with Gasteiger partial charge in [0.05, 0.1) is 11.4 Å². The molecule has 0 amide bonds. The zero-order chi connectivity index (χ0) is 12.3. The van der Waals surface area contributed by atoms with E-state index in [2.05, 4.69) is 29.0 Å². The van der Waals surface area contributed by atoms with E-state index in [9.17, 15) is 4.91 Å². The topological polar surface area (TPSA) is 41.5 Å². The van der Waals surface area contributed by atoms with Gasteiger partial charge >= 0.3 is 0 Å². The molecule has 0 spiro atoms. The Morgan fingerprint density at radius 3 is 2.24 bits per heavy atom. The van der Waals surface area contributed by atoms with Crippen LogP contribution in [0.25, 0.3) is 0 Å². The van der Waals surface area contributed by atoms with Crippen LogP contribution in [0.4, 0.5) is 17.1 Å². The molecule has 0 heterocycles. The molecule has 86 valence electrons. The van der Waals surface area contributed by atoms with Crippen LogP contribution in [0.1, 0.15) is 0 Å². The summed E-state index contributed by atoms with van der Waals surface area (Å²) >= 11 is 0. The third-order valence-corrected chi connectivity index (χ3v) is 3.35. The van der Waals surface area contributed by atoms with E-state index in [4.69, 9.17) is 0 Å². The van der Waals surface area contributed by atoms with Gasteiger partial charge in [-0.15, -0.1) is 23.4 Å². The van der Waals surface area contributed by atoms with Crippen molar-refractivity contribution in [2.45, 2.75) is 0 Å². The molecule has 5 heteroatoms. The van der Waals surface area contributed by atoms with Gasteiger partial charge in [-0.1, -0.05) is 30.3 Å². The van der Waals surface area contributed by atoms with E-state index in [1.54, 1.807) is 12.1 Å². The molecule has 2 rings (SSSR count). The van der Waals surface area contributed by atoms with Crippen molar-refractivity contribution < 1.29 is 0 Å². The molecule has 0 aromatic heterocycles. The van der Waals surface area contributed by atoms with E-state index in [0.29, 0.717) is 11.4 Å². The second-order valence-corrected chi connectivity index (χ2v) is 4.79. The molecule has 2 atom stereocenters. The minimum Gasteiger partial charge on any atom is -0.353 e. The molecule has 0 aliphatic carbocycles. The van der Waals surface area contributed by atoms with Gasteiger partial charge in [0.1, 0.15) is 5.69 Å². The molecule has 2 unspecified atom stereocenters. The summed E-state index contributed by atoms with van der Waals surface area (Å²) in [6.07, 6.45) is 0. The third kappa shape index (κ3) is 2.69. The fourth-order valence-corrected chi connectivity index (χ4v) is 2.39. The highest BCUT2D eigenvalue weighted by atomic mass is 31.0. The highest BCUT2D eigenvalue weighted by Crippen LogP contribution is 2.27. The molecule has 2 aromatic rings. The highest BCUT2D eigenvalue weighted by Gasteiger charge is 2.06. The first-order valence-electron chi connectivity index (χ1n) is 5.05. The summed E-state index contributed by atoms with van der Waals surface area (Å²) in [5.74, 6) is 0. The first kappa shape index (κ1) is 12.2. The first-order chi connectivity index (χ1) is 8.22. The minimum absolute atomic E-state index is 0.408. The van der Waals surface area contributed by atoms with Crippen molar-refractivity contribution in [3.8, 4) is 0 Å². The molecule has 3 nitrogen and oxygen atoms in total. The predicted molar refractivity (Wildman–Crippen MR) is 80.3 cm³/mol. The van der Waals surface area contributed by atoms with Crippen molar-refractivity contribution in [2.75, 3.05) is 5.32 Å². The van der Waals surface area contributed by atoms with Crippen LogP contribution in [-0.4, -0.2) is 0 Å². The van der Waals surface area contributed by atoms with Crippen LogP contribution in [0.5, 0.6) is 0 Å². The zero-order valence-corrected chi connectivity index (χ0v) is 11.4. The number of nitroso groups, excluding NO2 is 1. The molecular weight excluding hydrogens is 250 g/mol. The Kier molecular flexibility index (Phi) is 3.83. The van der Waals surface area contributed by atoms with E-state index in [1.165, 1.54) is 0 Å². The third-order valence-electron chi connectivity index (χ3n) is 2.39. The number of para-hydroxylation sites is 2. The summed E-state index contributed by atoms with van der Waals surface area (Å²) in [5.41, 5.74) is 2.07. The first-order valence-corrected chi connectivity index (χ1v) is 6.21. The number of nitrogens with one attached hydrogen (secondary N) is 1. The second kappa shape index (κ2) is 5.35. The molecule has 2 aromatic carbocycles. The molecule has 0 radical (unpaired) electrons. The van der Waals surface area contributed by atoms with Crippen LogP contribution in [0.15, 0.2) is 47.6 Å². The van der Waals surface area contributed by atoms with E-state index in [0.717, 1.165) is 16.3 Å². The van der Waals surface area contributed by atoms with Crippen LogP contribution in [-0.2, 0) is 0 Å². The van der Waals surface area contributed by atoms with Gasteiger partial charge in [-0.25, -0.2) is 0 Å². The number of hydrogen-bond acceptors (Lipinski definition) is 3. The van der Waals surface area contributed by atoms with Crippen molar-refractivity contribution in [2.24, 2.45) is 5.18 Å². The Bertz CT molecular complexity index is 538. The maximum Gasteiger partial charge on any atom is 0.131 e. The van der Waals surface area contributed by atoms with E-state index in [1.807, 2.05) is 30.3 Å². The van der Waals surface area contributed by atoms with Crippen molar-refractivity contribution in [3.05, 3.63) is 47.4 Å². The average molecular weight is 262 g/mol. The molecule has 0 aliphatic heterocycles. The number of hydrogen-bond donors (Lipinski definition) is 1. The maximum absolute atomic E-state index is 10.7. The molecule has 0 saturated carbocycles. The van der Waals surface area contributed by atoms with Crippen LogP contribution in [0, 0.1) is 4.91 Å². The lowest BCUT2D eigenvalue weighted by molar-refractivity contribution is 1.47. The summed E-state index contributed by atoms with van der Waals surface area (Å²) in [4.78, 5) is 10.7. The van der Waals surface area contributed by atoms with Crippen molar-refractivity contribution in [1.29, 1.82) is 0 Å². The molecule has 1 N–H and O–H groups in total. The normalized spacial score (nSPS) is 10.0. The molecule has 0 aliphatic rings. The SMILES string of the molecule is O=Nc1ccccc1Nc1c(P)cccc1P. The lowest BCUT2D eigenvalue weighted by Crippen LogP contribution is -2.11. The molecule has 17 heavy (non-hydrogen) atoms. The van der Waals surface area contributed by atoms with Crippen molar-refractivity contribution >= 4 is 46.2 Å². The van der Waals surface area contributed by atoms with Crippen LogP contribution < -0.4 is 15.9 Å². The zero-order valence-electron chi connectivity index (χ0n) is 9.05. The van der Waals surface area contributed by atoms with Gasteiger partial charge in [0, 0.05) is 0 Å². The Hall–Kier alpha value is -1.30. The van der Waals surface area contributed by atoms with Crippen molar-refractivity contribution in [1.82, 2.24) is 0 Å². The fraction of sp³-hybridized carbons (Fsp3) is 0. The Labute approximate surface area is 104 Å². The minimum atomic E-state index is 0.408. The summed E-state index contributed by atoms with van der Waals surface area (Å²) in [6, 6.07) is 13.1. The monoisotopic (exact) mass is 262 g/mol. The van der Waals surface area contributed by atoms with Gasteiger partial charge in [0.2, 0.25) is 0 Å². The summed E-state index contributed by atoms with van der Waals surface area (Å²) in [5, 5.41) is 8.30. The summed E-state index contributed by atoms with van der Waals surface area (Å²) in [7, 11) is 5.33. The molecule has 0 fully saturated rings. The van der Waals surface area contributed by atoms with Crippen LogP contribution in [0.3, 0.4) is 0 Å². The van der Waals surface area contributed by atoms with Gasteiger partial charge in [-0.2, -0.15) is 0 Å². The Balaban J connectivity index is 2.41. The largest absolute Gasteiger partial charge is 0.353 e.